The van der Waals surface area contributed by atoms with Crippen molar-refractivity contribution < 1.29 is 0 Å². The molecule has 46 heavy (non-hydrogen) atoms. The van der Waals surface area contributed by atoms with E-state index in [1.807, 2.05) is 6.07 Å². The molecule has 0 amide bonds. The molecule has 214 valence electrons. The Morgan fingerprint density at radius 2 is 1.00 bits per heavy atom. The van der Waals surface area contributed by atoms with Crippen LogP contribution in [0.2, 0.25) is 0 Å². The number of benzene rings is 7. The van der Waals surface area contributed by atoms with Gasteiger partial charge in [0.05, 0.1) is 22.2 Å². The van der Waals surface area contributed by atoms with Gasteiger partial charge in [-0.25, -0.2) is 4.98 Å². The Bertz CT molecular complexity index is 2750. The summed E-state index contributed by atoms with van der Waals surface area (Å²) in [5, 5.41) is 8.82. The second-order valence-corrected chi connectivity index (χ2v) is 12.0. The fourth-order valence-corrected chi connectivity index (χ4v) is 7.52. The zero-order chi connectivity index (χ0) is 30.2. The van der Waals surface area contributed by atoms with Crippen LogP contribution < -0.4 is 0 Å². The van der Waals surface area contributed by atoms with E-state index in [1.165, 1.54) is 60.1 Å². The van der Waals surface area contributed by atoms with Gasteiger partial charge >= 0.3 is 0 Å². The van der Waals surface area contributed by atoms with Gasteiger partial charge in [-0.3, -0.25) is 4.40 Å². The fourth-order valence-electron chi connectivity index (χ4n) is 7.52. The van der Waals surface area contributed by atoms with Crippen LogP contribution in [-0.2, 0) is 0 Å². The summed E-state index contributed by atoms with van der Waals surface area (Å²) in [5.41, 5.74) is 10.1. The molecule has 0 radical (unpaired) electrons. The largest absolute Gasteiger partial charge is 0.309 e. The summed E-state index contributed by atoms with van der Waals surface area (Å²) in [7, 11) is 0. The highest BCUT2D eigenvalue weighted by Crippen LogP contribution is 2.45. The zero-order valence-corrected chi connectivity index (χ0v) is 24.9. The Morgan fingerprint density at radius 3 is 1.70 bits per heavy atom. The van der Waals surface area contributed by atoms with Crippen molar-refractivity contribution in [2.75, 3.05) is 0 Å². The van der Waals surface area contributed by atoms with Crippen LogP contribution in [0.1, 0.15) is 0 Å². The number of pyridine rings is 1. The molecule has 0 bridgehead atoms. The minimum Gasteiger partial charge on any atom is -0.309 e. The lowest BCUT2D eigenvalue weighted by Crippen LogP contribution is -1.98. The molecule has 0 atom stereocenters. The topological polar surface area (TPSA) is 22.2 Å². The first-order valence-corrected chi connectivity index (χ1v) is 15.7. The molecular weight excluding hydrogens is 558 g/mol. The van der Waals surface area contributed by atoms with Gasteiger partial charge in [-0.1, -0.05) is 121 Å². The molecule has 0 N–H and O–H groups in total. The number of imidazole rings is 1. The maximum atomic E-state index is 5.04. The second-order valence-electron chi connectivity index (χ2n) is 12.0. The van der Waals surface area contributed by atoms with Crippen molar-refractivity contribution in [3.63, 3.8) is 0 Å². The summed E-state index contributed by atoms with van der Waals surface area (Å²) >= 11 is 0. The summed E-state index contributed by atoms with van der Waals surface area (Å²) in [4.78, 5) is 5.04. The third kappa shape index (κ3) is 3.57. The molecule has 0 aliphatic rings. The third-order valence-electron chi connectivity index (χ3n) is 9.49. The predicted molar refractivity (Wildman–Crippen MR) is 193 cm³/mol. The van der Waals surface area contributed by atoms with Crippen LogP contribution >= 0.6 is 0 Å². The Kier molecular flexibility index (Phi) is 5.28. The van der Waals surface area contributed by atoms with Crippen LogP contribution in [-0.4, -0.2) is 14.0 Å². The van der Waals surface area contributed by atoms with Crippen molar-refractivity contribution in [3.8, 4) is 28.1 Å². The van der Waals surface area contributed by atoms with E-state index in [-0.39, 0.29) is 0 Å². The van der Waals surface area contributed by atoms with Crippen LogP contribution in [0.4, 0.5) is 0 Å². The van der Waals surface area contributed by atoms with Crippen molar-refractivity contribution in [3.05, 3.63) is 164 Å². The molecule has 3 aromatic heterocycles. The van der Waals surface area contributed by atoms with Gasteiger partial charge in [0.15, 0.2) is 0 Å². The molecular formula is C43H27N3. The summed E-state index contributed by atoms with van der Waals surface area (Å²) < 4.78 is 4.66. The van der Waals surface area contributed by atoms with Crippen LogP contribution in [0.5, 0.6) is 0 Å². The Hall–Kier alpha value is -6.19. The Balaban J connectivity index is 1.40. The van der Waals surface area contributed by atoms with Gasteiger partial charge in [0.25, 0.3) is 0 Å². The van der Waals surface area contributed by atoms with Gasteiger partial charge < -0.3 is 4.57 Å². The highest BCUT2D eigenvalue weighted by Gasteiger charge is 2.23. The highest BCUT2D eigenvalue weighted by molar-refractivity contribution is 6.25. The van der Waals surface area contributed by atoms with E-state index in [9.17, 15) is 0 Å². The predicted octanol–water partition coefficient (Wildman–Crippen LogP) is 11.2. The van der Waals surface area contributed by atoms with Crippen molar-refractivity contribution in [2.24, 2.45) is 0 Å². The van der Waals surface area contributed by atoms with E-state index in [0.717, 1.165) is 27.9 Å². The van der Waals surface area contributed by atoms with Gasteiger partial charge in [-0.15, -0.1) is 0 Å². The van der Waals surface area contributed by atoms with Gasteiger partial charge in [-0.2, -0.15) is 0 Å². The lowest BCUT2D eigenvalue weighted by Gasteiger charge is -2.16. The number of hydrogen-bond acceptors (Lipinski definition) is 1. The average molecular weight is 586 g/mol. The normalized spacial score (nSPS) is 11.9. The molecule has 0 saturated heterocycles. The molecule has 0 aliphatic carbocycles. The maximum Gasteiger partial charge on any atom is 0.137 e. The maximum absolute atomic E-state index is 5.04. The first kappa shape index (κ1) is 25.2. The zero-order valence-electron chi connectivity index (χ0n) is 24.9. The van der Waals surface area contributed by atoms with Crippen LogP contribution in [0, 0.1) is 0 Å². The van der Waals surface area contributed by atoms with E-state index in [1.54, 1.807) is 0 Å². The summed E-state index contributed by atoms with van der Waals surface area (Å²) in [6, 6.07) is 57.0. The quantitative estimate of drug-likeness (QED) is 0.189. The van der Waals surface area contributed by atoms with Crippen molar-refractivity contribution in [1.29, 1.82) is 0 Å². The van der Waals surface area contributed by atoms with Crippen LogP contribution in [0.25, 0.3) is 88.0 Å². The number of aromatic nitrogens is 3. The van der Waals surface area contributed by atoms with Crippen molar-refractivity contribution >= 4 is 59.9 Å². The Labute approximate surface area is 265 Å². The SMILES string of the molecule is c1ccc(-c2c(-c3ccccc3)n(-c3ccc4c5ccccc5c5ccccc5c4c3)c3cc4c(cc23)nc2ccccn24)cc1. The third-order valence-corrected chi connectivity index (χ3v) is 9.49. The van der Waals surface area contributed by atoms with Gasteiger partial charge in [0.2, 0.25) is 0 Å². The fraction of sp³-hybridized carbons (Fsp3) is 0. The standard InChI is InChI=1S/C43H27N3/c1-3-13-28(14-4-1)42-37-26-38-40(45-24-12-11-21-41(45)44-38)27-39(37)46(43(42)29-15-5-2-6-16-29)30-22-23-35-33-19-8-7-17-31(33)32-18-9-10-20-34(32)36(35)25-30/h1-27H. The van der Waals surface area contributed by atoms with Crippen molar-refractivity contribution in [2.45, 2.75) is 0 Å². The monoisotopic (exact) mass is 585 g/mol. The molecule has 0 saturated carbocycles. The minimum absolute atomic E-state index is 0.949. The molecule has 0 aliphatic heterocycles. The minimum atomic E-state index is 0.949. The van der Waals surface area contributed by atoms with Gasteiger partial charge in [0.1, 0.15) is 5.65 Å². The molecule has 7 aromatic carbocycles. The lowest BCUT2D eigenvalue weighted by atomic mass is 9.94. The molecule has 10 rings (SSSR count). The average Bonchev–Trinajstić information content (AvgIpc) is 3.66. The Morgan fingerprint density at radius 1 is 0.413 bits per heavy atom. The number of hydrogen-bond donors (Lipinski definition) is 0. The smallest absolute Gasteiger partial charge is 0.137 e. The molecule has 10 aromatic rings. The van der Waals surface area contributed by atoms with E-state index < -0.39 is 0 Å². The summed E-state index contributed by atoms with van der Waals surface area (Å²) in [5.74, 6) is 0. The molecule has 0 unspecified atom stereocenters. The summed E-state index contributed by atoms with van der Waals surface area (Å²) in [6.45, 7) is 0. The van der Waals surface area contributed by atoms with Crippen molar-refractivity contribution in [1.82, 2.24) is 14.0 Å². The van der Waals surface area contributed by atoms with E-state index >= 15 is 0 Å². The summed E-state index contributed by atoms with van der Waals surface area (Å²) in [6.07, 6.45) is 2.10. The lowest BCUT2D eigenvalue weighted by molar-refractivity contribution is 1.14. The number of nitrogens with zero attached hydrogens (tertiary/aromatic N) is 3. The van der Waals surface area contributed by atoms with Gasteiger partial charge in [0, 0.05) is 22.8 Å². The van der Waals surface area contributed by atoms with E-state index in [0.29, 0.717) is 0 Å². The van der Waals surface area contributed by atoms with E-state index in [2.05, 4.69) is 167 Å². The second kappa shape index (κ2) is 9.65. The van der Waals surface area contributed by atoms with Crippen LogP contribution in [0.15, 0.2) is 164 Å². The van der Waals surface area contributed by atoms with Gasteiger partial charge in [-0.05, 0) is 79.8 Å². The first-order chi connectivity index (χ1) is 22.8. The van der Waals surface area contributed by atoms with E-state index in [4.69, 9.17) is 4.98 Å². The molecule has 0 spiro atoms. The number of rotatable bonds is 3. The highest BCUT2D eigenvalue weighted by atomic mass is 15.0. The number of fused-ring (bicyclic) bond motifs is 10. The molecule has 0 fully saturated rings. The first-order valence-electron chi connectivity index (χ1n) is 15.7. The van der Waals surface area contributed by atoms with Crippen LogP contribution in [0.3, 0.4) is 0 Å². The molecule has 3 nitrogen and oxygen atoms in total. The molecule has 3 heterocycles. The molecule has 3 heteroatoms.